The van der Waals surface area contributed by atoms with Gasteiger partial charge in [0.2, 0.25) is 0 Å². The highest BCUT2D eigenvalue weighted by molar-refractivity contribution is 6.53. The molecule has 1 aliphatic heterocycles. The quantitative estimate of drug-likeness (QED) is 0.853. The molecule has 3 heterocycles. The molecule has 3 rings (SSSR count). The summed E-state index contributed by atoms with van der Waals surface area (Å²) in [6.45, 7) is 8.81. The van der Waals surface area contributed by atoms with Gasteiger partial charge in [0, 0.05) is 11.4 Å². The van der Waals surface area contributed by atoms with Crippen LogP contribution in [0.25, 0.3) is 0 Å². The second-order valence-electron chi connectivity index (χ2n) is 6.27. The van der Waals surface area contributed by atoms with Crippen LogP contribution in [0.5, 0.6) is 0 Å². The molecule has 0 atom stereocenters. The molecule has 0 unspecified atom stereocenters. The smallest absolute Gasteiger partial charge is 0.111 e. The minimum atomic E-state index is -0.214. The van der Waals surface area contributed by atoms with Gasteiger partial charge in [-0.1, -0.05) is 12.1 Å². The van der Waals surface area contributed by atoms with Gasteiger partial charge >= 0.3 is 0 Å². The molecule has 0 amide bonds. The molecule has 112 valence electrons. The van der Waals surface area contributed by atoms with Gasteiger partial charge in [-0.15, -0.1) is 0 Å². The van der Waals surface area contributed by atoms with E-state index in [1.54, 1.807) is 0 Å². The molecule has 0 aromatic carbocycles. The summed E-state index contributed by atoms with van der Waals surface area (Å²) in [6, 6.07) is 11.9. The molecule has 4 nitrogen and oxygen atoms in total. The first kappa shape index (κ1) is 14.6. The Morgan fingerprint density at radius 1 is 0.818 bits per heavy atom. The van der Waals surface area contributed by atoms with Crippen molar-refractivity contribution in [2.75, 3.05) is 6.54 Å². The van der Waals surface area contributed by atoms with Crippen molar-refractivity contribution < 1.29 is 0 Å². The highest BCUT2D eigenvalue weighted by atomic mass is 15.0. The van der Waals surface area contributed by atoms with Crippen LogP contribution in [0.4, 0.5) is 0 Å². The third-order valence-corrected chi connectivity index (χ3v) is 3.52. The van der Waals surface area contributed by atoms with Crippen LogP contribution in [0.3, 0.4) is 0 Å². The van der Waals surface area contributed by atoms with Crippen LogP contribution in [-0.2, 0) is 0 Å². The van der Waals surface area contributed by atoms with Gasteiger partial charge in [-0.05, 0) is 52.0 Å². The number of hydrogen-bond donors (Lipinski definition) is 0. The van der Waals surface area contributed by atoms with E-state index in [1.165, 1.54) is 0 Å². The first-order valence-electron chi connectivity index (χ1n) is 7.47. The molecule has 0 bridgehead atoms. The van der Waals surface area contributed by atoms with Crippen LogP contribution in [0.15, 0.2) is 46.4 Å². The normalized spacial score (nSPS) is 16.9. The summed E-state index contributed by atoms with van der Waals surface area (Å²) >= 11 is 0. The Morgan fingerprint density at radius 2 is 1.36 bits per heavy atom. The first-order chi connectivity index (χ1) is 10.4. The van der Waals surface area contributed by atoms with Crippen LogP contribution >= 0.6 is 0 Å². The zero-order chi connectivity index (χ0) is 15.7. The highest BCUT2D eigenvalue weighted by Gasteiger charge is 2.27. The molecule has 0 N–H and O–H groups in total. The second-order valence-corrected chi connectivity index (χ2v) is 6.27. The molecule has 0 spiro atoms. The summed E-state index contributed by atoms with van der Waals surface area (Å²) in [5, 5.41) is 0. The minimum Gasteiger partial charge on any atom is -0.278 e. The van der Waals surface area contributed by atoms with Crippen molar-refractivity contribution in [1.29, 1.82) is 0 Å². The van der Waals surface area contributed by atoms with Crippen molar-refractivity contribution in [2.45, 2.75) is 33.2 Å². The Balaban J connectivity index is 2.13. The molecule has 0 radical (unpaired) electrons. The molecular formula is C18H20N4. The highest BCUT2D eigenvalue weighted by Crippen LogP contribution is 2.20. The Bertz CT molecular complexity index is 772. The lowest BCUT2D eigenvalue weighted by atomic mass is 9.99. The van der Waals surface area contributed by atoms with Crippen LogP contribution in [0, 0.1) is 13.8 Å². The third-order valence-electron chi connectivity index (χ3n) is 3.52. The fourth-order valence-corrected chi connectivity index (χ4v) is 2.47. The zero-order valence-electron chi connectivity index (χ0n) is 13.5. The largest absolute Gasteiger partial charge is 0.278 e. The lowest BCUT2D eigenvalue weighted by Crippen LogP contribution is -2.34. The predicted molar refractivity (Wildman–Crippen MR) is 90.0 cm³/mol. The molecular weight excluding hydrogens is 272 g/mol. The molecule has 0 saturated carbocycles. The van der Waals surface area contributed by atoms with E-state index in [-0.39, 0.29) is 5.54 Å². The zero-order valence-corrected chi connectivity index (χ0v) is 13.5. The van der Waals surface area contributed by atoms with Gasteiger partial charge in [0.15, 0.2) is 0 Å². The van der Waals surface area contributed by atoms with E-state index in [9.17, 15) is 0 Å². The van der Waals surface area contributed by atoms with Crippen LogP contribution < -0.4 is 0 Å². The van der Waals surface area contributed by atoms with Gasteiger partial charge in [-0.25, -0.2) is 0 Å². The van der Waals surface area contributed by atoms with E-state index in [1.807, 2.05) is 50.2 Å². The summed E-state index contributed by atoms with van der Waals surface area (Å²) < 4.78 is 0. The predicted octanol–water partition coefficient (Wildman–Crippen LogP) is 3.16. The van der Waals surface area contributed by atoms with Gasteiger partial charge < -0.3 is 0 Å². The lowest BCUT2D eigenvalue weighted by Gasteiger charge is -2.25. The third kappa shape index (κ3) is 2.96. The van der Waals surface area contributed by atoms with Crippen LogP contribution in [-0.4, -0.2) is 33.5 Å². The van der Waals surface area contributed by atoms with E-state index < -0.39 is 0 Å². The monoisotopic (exact) mass is 292 g/mol. The van der Waals surface area contributed by atoms with Gasteiger partial charge in [0.1, 0.15) is 11.4 Å². The SMILES string of the molecule is Cc1cccc(C2=NCC(C)(C)N=C2c2cccc(C)n2)n1. The van der Waals surface area contributed by atoms with Gasteiger partial charge in [-0.2, -0.15) is 0 Å². The number of hydrogen-bond acceptors (Lipinski definition) is 4. The Kier molecular flexibility index (Phi) is 3.61. The molecule has 1 aliphatic rings. The lowest BCUT2D eigenvalue weighted by molar-refractivity contribution is 0.533. The first-order valence-corrected chi connectivity index (χ1v) is 7.47. The van der Waals surface area contributed by atoms with E-state index in [0.717, 1.165) is 34.2 Å². The maximum absolute atomic E-state index is 4.90. The Labute approximate surface area is 131 Å². The summed E-state index contributed by atoms with van der Waals surface area (Å²) in [5.41, 5.74) is 5.11. The van der Waals surface area contributed by atoms with Gasteiger partial charge in [0.05, 0.1) is 23.5 Å². The van der Waals surface area contributed by atoms with Crippen LogP contribution in [0.2, 0.25) is 0 Å². The number of pyridine rings is 2. The summed E-state index contributed by atoms with van der Waals surface area (Å²) in [4.78, 5) is 18.9. The second kappa shape index (κ2) is 5.44. The summed E-state index contributed by atoms with van der Waals surface area (Å²) in [7, 11) is 0. The Hall–Kier alpha value is -2.36. The average molecular weight is 292 g/mol. The molecule has 0 saturated heterocycles. The maximum atomic E-state index is 4.90. The van der Waals surface area contributed by atoms with Gasteiger partial charge in [0.25, 0.3) is 0 Å². The summed E-state index contributed by atoms with van der Waals surface area (Å²) in [5.74, 6) is 0. The van der Waals surface area contributed by atoms with Crippen molar-refractivity contribution in [2.24, 2.45) is 9.98 Å². The number of nitrogens with zero attached hydrogens (tertiary/aromatic N) is 4. The van der Waals surface area contributed by atoms with Crippen molar-refractivity contribution in [1.82, 2.24) is 9.97 Å². The van der Waals surface area contributed by atoms with Crippen molar-refractivity contribution in [3.8, 4) is 0 Å². The molecule has 2 aromatic heterocycles. The van der Waals surface area contributed by atoms with Crippen molar-refractivity contribution in [3.05, 3.63) is 59.2 Å². The number of aliphatic imine (C=N–C) groups is 2. The van der Waals surface area contributed by atoms with Crippen LogP contribution in [0.1, 0.15) is 36.6 Å². The minimum absolute atomic E-state index is 0.214. The number of aromatic nitrogens is 2. The molecule has 22 heavy (non-hydrogen) atoms. The van der Waals surface area contributed by atoms with Crippen molar-refractivity contribution in [3.63, 3.8) is 0 Å². The topological polar surface area (TPSA) is 50.5 Å². The Morgan fingerprint density at radius 3 is 1.91 bits per heavy atom. The van der Waals surface area contributed by atoms with Gasteiger partial charge in [-0.3, -0.25) is 20.0 Å². The van der Waals surface area contributed by atoms with Crippen molar-refractivity contribution >= 4 is 11.4 Å². The van der Waals surface area contributed by atoms with E-state index >= 15 is 0 Å². The standard InChI is InChI=1S/C18H20N4/c1-12-7-5-9-14(20-12)16-17(22-18(3,4)11-19-16)15-10-6-8-13(2)21-15/h5-10H,11H2,1-4H3. The molecule has 4 heteroatoms. The number of aryl methyl sites for hydroxylation is 2. The molecule has 0 fully saturated rings. The maximum Gasteiger partial charge on any atom is 0.111 e. The molecule has 0 aliphatic carbocycles. The fraction of sp³-hybridized carbons (Fsp3) is 0.333. The average Bonchev–Trinajstić information content (AvgIpc) is 2.46. The summed E-state index contributed by atoms with van der Waals surface area (Å²) in [6.07, 6.45) is 0. The fourth-order valence-electron chi connectivity index (χ4n) is 2.47. The van der Waals surface area contributed by atoms with E-state index in [0.29, 0.717) is 6.54 Å². The number of rotatable bonds is 2. The van der Waals surface area contributed by atoms with E-state index in [4.69, 9.17) is 9.98 Å². The molecule has 2 aromatic rings. The van der Waals surface area contributed by atoms with E-state index in [2.05, 4.69) is 23.8 Å².